The molecule has 1 heterocycles. The van der Waals surface area contributed by atoms with Gasteiger partial charge in [-0.25, -0.2) is 4.79 Å². The van der Waals surface area contributed by atoms with Gasteiger partial charge in [-0.3, -0.25) is 0 Å². The molecule has 1 aliphatic heterocycles. The van der Waals surface area contributed by atoms with Gasteiger partial charge in [0.05, 0.1) is 0 Å². The van der Waals surface area contributed by atoms with Gasteiger partial charge in [-0.1, -0.05) is 0 Å². The Labute approximate surface area is 65.4 Å². The molecule has 1 fully saturated rings. The van der Waals surface area contributed by atoms with Gasteiger partial charge in [0.15, 0.2) is 0 Å². The van der Waals surface area contributed by atoms with Crippen molar-refractivity contribution in [3.05, 3.63) is 0 Å². The second-order valence-electron chi connectivity index (χ2n) is 2.57. The van der Waals surface area contributed by atoms with Crippen molar-refractivity contribution in [2.75, 3.05) is 18.8 Å². The van der Waals surface area contributed by atoms with E-state index in [9.17, 15) is 4.79 Å². The van der Waals surface area contributed by atoms with Crippen LogP contribution in [0, 0.1) is 5.92 Å². The summed E-state index contributed by atoms with van der Waals surface area (Å²) in [5.74, 6) is 1.27. The van der Waals surface area contributed by atoms with Gasteiger partial charge in [0, 0.05) is 13.1 Å². The molecule has 58 valence electrons. The van der Waals surface area contributed by atoms with E-state index in [0.717, 1.165) is 12.2 Å². The van der Waals surface area contributed by atoms with Gasteiger partial charge in [-0.2, -0.15) is 12.6 Å². The molecule has 1 atom stereocenters. The van der Waals surface area contributed by atoms with Crippen LogP contribution in [-0.4, -0.2) is 34.9 Å². The van der Waals surface area contributed by atoms with E-state index in [0.29, 0.717) is 19.0 Å². The Balaban J connectivity index is 2.35. The van der Waals surface area contributed by atoms with Crippen molar-refractivity contribution in [1.29, 1.82) is 0 Å². The monoisotopic (exact) mass is 161 g/mol. The highest BCUT2D eigenvalue weighted by Crippen LogP contribution is 2.16. The van der Waals surface area contributed by atoms with E-state index in [-0.39, 0.29) is 0 Å². The van der Waals surface area contributed by atoms with E-state index < -0.39 is 6.09 Å². The second kappa shape index (κ2) is 3.14. The molecule has 0 bridgehead atoms. The third-order valence-corrected chi connectivity index (χ3v) is 2.33. The van der Waals surface area contributed by atoms with Crippen LogP contribution in [0.15, 0.2) is 0 Å². The highest BCUT2D eigenvalue weighted by Gasteiger charge is 2.24. The Kier molecular flexibility index (Phi) is 2.43. The number of hydrogen-bond donors (Lipinski definition) is 2. The molecule has 0 radical (unpaired) electrons. The van der Waals surface area contributed by atoms with E-state index in [1.54, 1.807) is 0 Å². The normalized spacial score (nSPS) is 25.3. The number of amides is 1. The predicted molar refractivity (Wildman–Crippen MR) is 41.6 cm³/mol. The molecule has 1 aliphatic rings. The minimum absolute atomic E-state index is 0.472. The first kappa shape index (κ1) is 7.72. The maximum atomic E-state index is 10.4. The van der Waals surface area contributed by atoms with E-state index >= 15 is 0 Å². The minimum atomic E-state index is -0.802. The van der Waals surface area contributed by atoms with Crippen LogP contribution in [0.25, 0.3) is 0 Å². The maximum Gasteiger partial charge on any atom is 0.407 e. The summed E-state index contributed by atoms with van der Waals surface area (Å²) in [6, 6.07) is 0. The third kappa shape index (κ3) is 1.56. The summed E-state index contributed by atoms with van der Waals surface area (Å²) in [6.45, 7) is 1.35. The number of rotatable bonds is 1. The molecule has 1 amide bonds. The largest absolute Gasteiger partial charge is 0.465 e. The van der Waals surface area contributed by atoms with Gasteiger partial charge in [-0.15, -0.1) is 0 Å². The smallest absolute Gasteiger partial charge is 0.407 e. The molecule has 0 aromatic rings. The van der Waals surface area contributed by atoms with Gasteiger partial charge < -0.3 is 10.0 Å². The average molecular weight is 161 g/mol. The van der Waals surface area contributed by atoms with Crippen LogP contribution in [0.5, 0.6) is 0 Å². The number of likely N-dealkylation sites (tertiary alicyclic amines) is 1. The third-order valence-electron chi connectivity index (χ3n) is 1.81. The Morgan fingerprint density at radius 2 is 2.50 bits per heavy atom. The van der Waals surface area contributed by atoms with Crippen molar-refractivity contribution in [2.24, 2.45) is 5.92 Å². The van der Waals surface area contributed by atoms with Gasteiger partial charge in [0.1, 0.15) is 0 Å². The first-order valence-corrected chi connectivity index (χ1v) is 3.96. The lowest BCUT2D eigenvalue weighted by molar-refractivity contribution is 0.154. The fraction of sp³-hybridized carbons (Fsp3) is 0.833. The van der Waals surface area contributed by atoms with Crippen LogP contribution in [0.4, 0.5) is 4.79 Å². The summed E-state index contributed by atoms with van der Waals surface area (Å²) in [7, 11) is 0. The zero-order chi connectivity index (χ0) is 7.56. The molecule has 1 saturated heterocycles. The fourth-order valence-electron chi connectivity index (χ4n) is 1.16. The molecule has 10 heavy (non-hydrogen) atoms. The molecule has 1 N–H and O–H groups in total. The molecule has 4 heteroatoms. The van der Waals surface area contributed by atoms with Crippen molar-refractivity contribution in [3.8, 4) is 0 Å². The minimum Gasteiger partial charge on any atom is -0.465 e. The molecular formula is C6H11NO2S. The number of thiol groups is 1. The van der Waals surface area contributed by atoms with Crippen molar-refractivity contribution < 1.29 is 9.90 Å². The molecule has 3 nitrogen and oxygen atoms in total. The zero-order valence-corrected chi connectivity index (χ0v) is 6.55. The molecular weight excluding hydrogens is 150 g/mol. The SMILES string of the molecule is O=C(O)N1CC[C@@H](CS)C1. The Morgan fingerprint density at radius 1 is 1.80 bits per heavy atom. The standard InChI is InChI=1S/C6H11NO2S/c8-6(9)7-2-1-5(3-7)4-10/h5,10H,1-4H2,(H,8,9)/t5-/m1/s1. The first-order chi connectivity index (χ1) is 4.74. The zero-order valence-electron chi connectivity index (χ0n) is 5.66. The van der Waals surface area contributed by atoms with Gasteiger partial charge in [0.25, 0.3) is 0 Å². The number of carbonyl (C=O) groups is 1. The summed E-state index contributed by atoms with van der Waals surface area (Å²) >= 11 is 4.11. The summed E-state index contributed by atoms with van der Waals surface area (Å²) in [4.78, 5) is 11.8. The maximum absolute atomic E-state index is 10.4. The summed E-state index contributed by atoms with van der Waals surface area (Å²) in [6.07, 6.45) is 0.166. The molecule has 0 spiro atoms. The quantitative estimate of drug-likeness (QED) is 0.561. The van der Waals surface area contributed by atoms with E-state index in [1.165, 1.54) is 4.90 Å². The van der Waals surface area contributed by atoms with Crippen LogP contribution >= 0.6 is 12.6 Å². The van der Waals surface area contributed by atoms with Crippen molar-refractivity contribution in [1.82, 2.24) is 4.90 Å². The van der Waals surface area contributed by atoms with Crippen LogP contribution in [-0.2, 0) is 0 Å². The predicted octanol–water partition coefficient (Wildman–Crippen LogP) is 0.916. The molecule has 0 aromatic heterocycles. The lowest BCUT2D eigenvalue weighted by atomic mass is 10.2. The summed E-state index contributed by atoms with van der Waals surface area (Å²) in [5.41, 5.74) is 0. The fourth-order valence-corrected chi connectivity index (χ4v) is 1.45. The van der Waals surface area contributed by atoms with Crippen LogP contribution in [0.2, 0.25) is 0 Å². The van der Waals surface area contributed by atoms with Crippen LogP contribution < -0.4 is 0 Å². The van der Waals surface area contributed by atoms with Crippen molar-refractivity contribution >= 4 is 18.7 Å². The van der Waals surface area contributed by atoms with Gasteiger partial charge in [0.2, 0.25) is 0 Å². The van der Waals surface area contributed by atoms with Crippen molar-refractivity contribution in [2.45, 2.75) is 6.42 Å². The molecule has 1 rings (SSSR count). The van der Waals surface area contributed by atoms with Gasteiger partial charge in [-0.05, 0) is 18.1 Å². The number of nitrogens with zero attached hydrogens (tertiary/aromatic N) is 1. The average Bonchev–Trinajstić information content (AvgIpc) is 2.34. The van der Waals surface area contributed by atoms with E-state index in [2.05, 4.69) is 12.6 Å². The lowest BCUT2D eigenvalue weighted by Gasteiger charge is -2.09. The Morgan fingerprint density at radius 3 is 2.80 bits per heavy atom. The highest BCUT2D eigenvalue weighted by molar-refractivity contribution is 7.80. The summed E-state index contributed by atoms with van der Waals surface area (Å²) < 4.78 is 0. The second-order valence-corrected chi connectivity index (χ2v) is 2.93. The van der Waals surface area contributed by atoms with E-state index in [1.807, 2.05) is 0 Å². The lowest BCUT2D eigenvalue weighted by Crippen LogP contribution is -2.26. The highest BCUT2D eigenvalue weighted by atomic mass is 32.1. The molecule has 0 aromatic carbocycles. The Bertz CT molecular complexity index is 140. The van der Waals surface area contributed by atoms with E-state index in [4.69, 9.17) is 5.11 Å². The van der Waals surface area contributed by atoms with Crippen LogP contribution in [0.3, 0.4) is 0 Å². The number of carboxylic acid groups (broad SMARTS) is 1. The van der Waals surface area contributed by atoms with Crippen molar-refractivity contribution in [3.63, 3.8) is 0 Å². The molecule has 0 unspecified atom stereocenters. The topological polar surface area (TPSA) is 40.5 Å². The number of hydrogen-bond acceptors (Lipinski definition) is 2. The first-order valence-electron chi connectivity index (χ1n) is 3.32. The molecule has 0 aliphatic carbocycles. The van der Waals surface area contributed by atoms with Crippen LogP contribution in [0.1, 0.15) is 6.42 Å². The summed E-state index contributed by atoms with van der Waals surface area (Å²) in [5, 5.41) is 8.53. The Hall–Kier alpha value is -0.380. The van der Waals surface area contributed by atoms with Gasteiger partial charge >= 0.3 is 6.09 Å². The molecule has 0 saturated carbocycles.